The van der Waals surface area contributed by atoms with Crippen molar-refractivity contribution in [2.75, 3.05) is 19.6 Å². The monoisotopic (exact) mass is 269 g/mol. The van der Waals surface area contributed by atoms with Crippen LogP contribution in [0.25, 0.3) is 0 Å². The fourth-order valence-electron chi connectivity index (χ4n) is 1.25. The van der Waals surface area contributed by atoms with Crippen LogP contribution in [0.1, 0.15) is 23.7 Å². The van der Waals surface area contributed by atoms with Crippen molar-refractivity contribution in [1.82, 2.24) is 10.6 Å². The summed E-state index contributed by atoms with van der Waals surface area (Å²) < 4.78 is 0. The van der Waals surface area contributed by atoms with E-state index in [9.17, 15) is 9.59 Å². The van der Waals surface area contributed by atoms with Gasteiger partial charge in [-0.2, -0.15) is 11.3 Å². The lowest BCUT2D eigenvalue weighted by atomic mass is 10.2. The smallest absolute Gasteiger partial charge is 0.252 e. The molecule has 0 spiro atoms. The van der Waals surface area contributed by atoms with Crippen LogP contribution in [0.2, 0.25) is 0 Å². The van der Waals surface area contributed by atoms with Crippen LogP contribution in [0.5, 0.6) is 0 Å². The van der Waals surface area contributed by atoms with Gasteiger partial charge in [-0.25, -0.2) is 0 Å². The lowest BCUT2D eigenvalue weighted by molar-refractivity contribution is -0.121. The normalized spacial score (nSPS) is 11.9. The Morgan fingerprint density at radius 1 is 1.44 bits per heavy atom. The Hall–Kier alpha value is -1.40. The molecule has 1 heterocycles. The third-order valence-corrected chi connectivity index (χ3v) is 3.15. The van der Waals surface area contributed by atoms with Gasteiger partial charge in [0, 0.05) is 30.5 Å². The average molecular weight is 269 g/mol. The molecule has 0 bridgehead atoms. The predicted molar refractivity (Wildman–Crippen MR) is 72.5 cm³/mol. The Labute approximate surface area is 111 Å². The largest absolute Gasteiger partial charge is 0.356 e. The quantitative estimate of drug-likeness (QED) is 0.677. The summed E-state index contributed by atoms with van der Waals surface area (Å²) in [6.07, 6.45) is 0.285. The number of carbonyl (C=O) groups excluding carboxylic acids is 2. The maximum atomic E-state index is 11.5. The maximum Gasteiger partial charge on any atom is 0.252 e. The van der Waals surface area contributed by atoms with Gasteiger partial charge in [-0.15, -0.1) is 0 Å². The first-order valence-electron chi connectivity index (χ1n) is 5.90. The van der Waals surface area contributed by atoms with Gasteiger partial charge in [0.25, 0.3) is 5.91 Å². The van der Waals surface area contributed by atoms with Crippen molar-refractivity contribution in [2.45, 2.75) is 13.3 Å². The summed E-state index contributed by atoms with van der Waals surface area (Å²) in [5, 5.41) is 9.09. The first-order chi connectivity index (χ1) is 8.63. The standard InChI is InChI=1S/C12H19N3O2S/c1-9(6-13)7-15-11(16)2-4-14-12(17)10-3-5-18-8-10/h3,5,8-9H,2,4,6-7,13H2,1H3,(H,14,17)(H,15,16). The molecule has 18 heavy (non-hydrogen) atoms. The molecule has 1 atom stereocenters. The van der Waals surface area contributed by atoms with Gasteiger partial charge >= 0.3 is 0 Å². The fraction of sp³-hybridized carbons (Fsp3) is 0.500. The Balaban J connectivity index is 2.14. The Kier molecular flexibility index (Phi) is 6.38. The molecule has 0 radical (unpaired) electrons. The van der Waals surface area contributed by atoms with E-state index >= 15 is 0 Å². The summed E-state index contributed by atoms with van der Waals surface area (Å²) in [6, 6.07) is 1.75. The van der Waals surface area contributed by atoms with Gasteiger partial charge in [0.05, 0.1) is 0 Å². The number of amides is 2. The van der Waals surface area contributed by atoms with E-state index in [1.54, 1.807) is 11.4 Å². The summed E-state index contributed by atoms with van der Waals surface area (Å²) in [4.78, 5) is 23.0. The minimum absolute atomic E-state index is 0.0686. The second-order valence-corrected chi connectivity index (χ2v) is 4.94. The van der Waals surface area contributed by atoms with Gasteiger partial charge < -0.3 is 16.4 Å². The van der Waals surface area contributed by atoms with Crippen molar-refractivity contribution in [3.8, 4) is 0 Å². The molecule has 1 aromatic rings. The molecule has 0 saturated carbocycles. The van der Waals surface area contributed by atoms with Crippen molar-refractivity contribution in [1.29, 1.82) is 0 Å². The van der Waals surface area contributed by atoms with Gasteiger partial charge in [0.15, 0.2) is 0 Å². The van der Waals surface area contributed by atoms with E-state index in [0.717, 1.165) is 0 Å². The number of hydrogen-bond acceptors (Lipinski definition) is 4. The zero-order valence-corrected chi connectivity index (χ0v) is 11.3. The fourth-order valence-corrected chi connectivity index (χ4v) is 1.88. The van der Waals surface area contributed by atoms with Crippen molar-refractivity contribution >= 4 is 23.2 Å². The second kappa shape index (κ2) is 7.84. The third kappa shape index (κ3) is 5.29. The van der Waals surface area contributed by atoms with Crippen LogP contribution in [0.3, 0.4) is 0 Å². The minimum atomic E-state index is -0.139. The van der Waals surface area contributed by atoms with Crippen LogP contribution in [-0.4, -0.2) is 31.4 Å². The first-order valence-corrected chi connectivity index (χ1v) is 6.85. The second-order valence-electron chi connectivity index (χ2n) is 4.16. The highest BCUT2D eigenvalue weighted by molar-refractivity contribution is 7.08. The van der Waals surface area contributed by atoms with Gasteiger partial charge in [0.1, 0.15) is 0 Å². The van der Waals surface area contributed by atoms with Crippen LogP contribution in [0.4, 0.5) is 0 Å². The molecule has 0 aliphatic rings. The summed E-state index contributed by atoms with van der Waals surface area (Å²) in [6.45, 7) is 3.44. The van der Waals surface area contributed by atoms with Crippen molar-refractivity contribution < 1.29 is 9.59 Å². The van der Waals surface area contributed by atoms with Crippen molar-refractivity contribution in [3.63, 3.8) is 0 Å². The molecule has 1 aromatic heterocycles. The highest BCUT2D eigenvalue weighted by Crippen LogP contribution is 2.04. The zero-order valence-electron chi connectivity index (χ0n) is 10.4. The molecule has 100 valence electrons. The van der Waals surface area contributed by atoms with E-state index in [2.05, 4.69) is 10.6 Å². The molecule has 0 aromatic carbocycles. The molecule has 5 nitrogen and oxygen atoms in total. The van der Waals surface area contributed by atoms with Crippen LogP contribution in [0, 0.1) is 5.92 Å². The molecular weight excluding hydrogens is 250 g/mol. The zero-order chi connectivity index (χ0) is 13.4. The van der Waals surface area contributed by atoms with E-state index in [1.807, 2.05) is 12.3 Å². The summed E-state index contributed by atoms with van der Waals surface area (Å²) in [5.74, 6) is 0.0645. The van der Waals surface area contributed by atoms with Crippen LogP contribution in [0.15, 0.2) is 16.8 Å². The Bertz CT molecular complexity index is 379. The number of carbonyl (C=O) groups is 2. The number of thiophene rings is 1. The molecule has 2 amide bonds. The van der Waals surface area contributed by atoms with E-state index in [4.69, 9.17) is 5.73 Å². The summed E-state index contributed by atoms with van der Waals surface area (Å²) in [7, 11) is 0. The summed E-state index contributed by atoms with van der Waals surface area (Å²) in [5.41, 5.74) is 6.08. The lowest BCUT2D eigenvalue weighted by Gasteiger charge is -2.10. The number of nitrogens with two attached hydrogens (primary N) is 1. The highest BCUT2D eigenvalue weighted by Gasteiger charge is 2.07. The van der Waals surface area contributed by atoms with Gasteiger partial charge in [0.2, 0.25) is 5.91 Å². The van der Waals surface area contributed by atoms with Gasteiger partial charge in [-0.3, -0.25) is 9.59 Å². The number of nitrogens with one attached hydrogen (secondary N) is 2. The van der Waals surface area contributed by atoms with E-state index < -0.39 is 0 Å². The molecule has 0 saturated heterocycles. The molecule has 0 aliphatic carbocycles. The predicted octanol–water partition coefficient (Wildman–Crippen LogP) is 0.579. The SMILES string of the molecule is CC(CN)CNC(=O)CCNC(=O)c1ccsc1. The van der Waals surface area contributed by atoms with Gasteiger partial charge in [-0.05, 0) is 23.9 Å². The van der Waals surface area contributed by atoms with E-state index in [1.165, 1.54) is 11.3 Å². The van der Waals surface area contributed by atoms with E-state index in [0.29, 0.717) is 25.2 Å². The van der Waals surface area contributed by atoms with Crippen LogP contribution >= 0.6 is 11.3 Å². The lowest BCUT2D eigenvalue weighted by Crippen LogP contribution is -2.34. The molecule has 1 unspecified atom stereocenters. The Morgan fingerprint density at radius 2 is 2.22 bits per heavy atom. The minimum Gasteiger partial charge on any atom is -0.356 e. The summed E-state index contributed by atoms with van der Waals surface area (Å²) >= 11 is 1.47. The molecule has 0 aliphatic heterocycles. The topological polar surface area (TPSA) is 84.2 Å². The number of hydrogen-bond donors (Lipinski definition) is 3. The van der Waals surface area contributed by atoms with E-state index in [-0.39, 0.29) is 24.2 Å². The molecular formula is C12H19N3O2S. The molecule has 6 heteroatoms. The maximum absolute atomic E-state index is 11.5. The van der Waals surface area contributed by atoms with Crippen LogP contribution in [-0.2, 0) is 4.79 Å². The van der Waals surface area contributed by atoms with Crippen molar-refractivity contribution in [3.05, 3.63) is 22.4 Å². The van der Waals surface area contributed by atoms with Gasteiger partial charge in [-0.1, -0.05) is 6.92 Å². The third-order valence-electron chi connectivity index (χ3n) is 2.47. The highest BCUT2D eigenvalue weighted by atomic mass is 32.1. The molecule has 0 fully saturated rings. The first kappa shape index (κ1) is 14.7. The molecule has 4 N–H and O–H groups in total. The Morgan fingerprint density at radius 3 is 2.83 bits per heavy atom. The van der Waals surface area contributed by atoms with Crippen LogP contribution < -0.4 is 16.4 Å². The van der Waals surface area contributed by atoms with Crippen molar-refractivity contribution in [2.24, 2.45) is 11.7 Å². The number of rotatable bonds is 7. The average Bonchev–Trinajstić information content (AvgIpc) is 2.89. The molecule has 1 rings (SSSR count).